The number of hydrogen-bond acceptors (Lipinski definition) is 4. The molecule has 0 bridgehead atoms. The van der Waals surface area contributed by atoms with Crippen LogP contribution in [0, 0.1) is 6.92 Å². The van der Waals surface area contributed by atoms with Crippen molar-refractivity contribution < 1.29 is 12.8 Å². The predicted octanol–water partition coefficient (Wildman–Crippen LogP) is 2.65. The molecule has 0 spiro atoms. The summed E-state index contributed by atoms with van der Waals surface area (Å²) in [6, 6.07) is 1.76. The second kappa shape index (κ2) is 6.50. The quantitative estimate of drug-likeness (QED) is 0.907. The van der Waals surface area contributed by atoms with Gasteiger partial charge in [0.25, 0.3) is 0 Å². The number of nitrogens with one attached hydrogen (secondary N) is 1. The normalized spacial score (nSPS) is 24.4. The Labute approximate surface area is 127 Å². The number of piperidine rings is 1. The first-order valence-corrected chi connectivity index (χ1v) is 9.15. The van der Waals surface area contributed by atoms with Crippen molar-refractivity contribution >= 4 is 10.0 Å². The first-order chi connectivity index (χ1) is 9.87. The van der Waals surface area contributed by atoms with E-state index in [0.717, 1.165) is 25.8 Å². The summed E-state index contributed by atoms with van der Waals surface area (Å²) in [6.07, 6.45) is 2.93. The number of furan rings is 1. The highest BCUT2D eigenvalue weighted by Gasteiger charge is 2.37. The summed E-state index contributed by atoms with van der Waals surface area (Å²) in [5, 5.41) is 3.15. The van der Waals surface area contributed by atoms with Gasteiger partial charge in [-0.3, -0.25) is 0 Å². The zero-order valence-electron chi connectivity index (χ0n) is 13.3. The summed E-state index contributed by atoms with van der Waals surface area (Å²) in [7, 11) is -3.48. The van der Waals surface area contributed by atoms with Crippen molar-refractivity contribution in [2.45, 2.75) is 70.5 Å². The van der Waals surface area contributed by atoms with E-state index in [-0.39, 0.29) is 12.1 Å². The third-order valence-electron chi connectivity index (χ3n) is 4.14. The lowest BCUT2D eigenvalue weighted by atomic mass is 10.0. The largest absolute Gasteiger partial charge is 0.464 e. The van der Waals surface area contributed by atoms with Gasteiger partial charge < -0.3 is 9.73 Å². The molecule has 2 rings (SSSR count). The van der Waals surface area contributed by atoms with Crippen molar-refractivity contribution in [2.24, 2.45) is 0 Å². The molecule has 5 nitrogen and oxygen atoms in total. The molecule has 0 radical (unpaired) electrons. The molecule has 6 heteroatoms. The first kappa shape index (κ1) is 16.5. The number of nitrogens with zero attached hydrogens (tertiary/aromatic N) is 1. The van der Waals surface area contributed by atoms with Crippen molar-refractivity contribution in [3.05, 3.63) is 17.6 Å². The van der Waals surface area contributed by atoms with Crippen LogP contribution in [0.3, 0.4) is 0 Å². The Morgan fingerprint density at radius 1 is 1.33 bits per heavy atom. The Morgan fingerprint density at radius 3 is 2.52 bits per heavy atom. The van der Waals surface area contributed by atoms with E-state index in [2.05, 4.69) is 5.32 Å². The SMILES string of the molecule is CCNCc1cc(S(=O)(=O)N2C(C)CCCC2C)c(C)o1. The Kier molecular flexibility index (Phi) is 5.11. The van der Waals surface area contributed by atoms with Crippen LogP contribution in [0.15, 0.2) is 15.4 Å². The van der Waals surface area contributed by atoms with Crippen LogP contribution in [-0.4, -0.2) is 31.4 Å². The summed E-state index contributed by atoms with van der Waals surface area (Å²) in [6.45, 7) is 9.08. The maximum atomic E-state index is 13.0. The maximum absolute atomic E-state index is 13.0. The van der Waals surface area contributed by atoms with Gasteiger partial charge in [0.05, 0.1) is 6.54 Å². The molecule has 0 saturated carbocycles. The van der Waals surface area contributed by atoms with Gasteiger partial charge in [-0.15, -0.1) is 0 Å². The minimum Gasteiger partial charge on any atom is -0.464 e. The van der Waals surface area contributed by atoms with Gasteiger partial charge in [0.2, 0.25) is 10.0 Å². The van der Waals surface area contributed by atoms with Crippen LogP contribution in [0.5, 0.6) is 0 Å². The van der Waals surface area contributed by atoms with E-state index in [9.17, 15) is 8.42 Å². The van der Waals surface area contributed by atoms with E-state index in [4.69, 9.17) is 4.42 Å². The van der Waals surface area contributed by atoms with Crippen LogP contribution < -0.4 is 5.32 Å². The predicted molar refractivity (Wildman–Crippen MR) is 82.6 cm³/mol. The number of rotatable bonds is 5. The molecule has 21 heavy (non-hydrogen) atoms. The average molecular weight is 314 g/mol. The van der Waals surface area contributed by atoms with Gasteiger partial charge in [-0.2, -0.15) is 4.31 Å². The molecule has 1 N–H and O–H groups in total. The van der Waals surface area contributed by atoms with Crippen LogP contribution in [0.1, 0.15) is 51.6 Å². The molecule has 2 unspecified atom stereocenters. The fourth-order valence-electron chi connectivity index (χ4n) is 3.10. The van der Waals surface area contributed by atoms with E-state index in [1.54, 1.807) is 17.3 Å². The topological polar surface area (TPSA) is 62.6 Å². The van der Waals surface area contributed by atoms with E-state index >= 15 is 0 Å². The van der Waals surface area contributed by atoms with Gasteiger partial charge in [0.1, 0.15) is 16.4 Å². The Hall–Kier alpha value is -0.850. The zero-order chi connectivity index (χ0) is 15.6. The number of hydrogen-bond donors (Lipinski definition) is 1. The van der Waals surface area contributed by atoms with Crippen LogP contribution >= 0.6 is 0 Å². The lowest BCUT2D eigenvalue weighted by Crippen LogP contribution is -2.47. The molecule has 1 aliphatic heterocycles. The van der Waals surface area contributed by atoms with Crippen molar-refractivity contribution in [1.29, 1.82) is 0 Å². The highest BCUT2D eigenvalue weighted by Crippen LogP contribution is 2.32. The highest BCUT2D eigenvalue weighted by atomic mass is 32.2. The second-order valence-corrected chi connectivity index (χ2v) is 7.69. The molecule has 1 fully saturated rings. The molecule has 0 aliphatic carbocycles. The first-order valence-electron chi connectivity index (χ1n) is 7.71. The number of sulfonamides is 1. The second-order valence-electron chi connectivity index (χ2n) is 5.88. The molecule has 2 atom stereocenters. The van der Waals surface area contributed by atoms with Crippen LogP contribution in [-0.2, 0) is 16.6 Å². The van der Waals surface area contributed by atoms with E-state index in [0.29, 0.717) is 23.0 Å². The monoisotopic (exact) mass is 314 g/mol. The maximum Gasteiger partial charge on any atom is 0.247 e. The van der Waals surface area contributed by atoms with Crippen molar-refractivity contribution in [2.75, 3.05) is 6.54 Å². The minimum absolute atomic E-state index is 0.0465. The fraction of sp³-hybridized carbons (Fsp3) is 0.733. The molecular weight excluding hydrogens is 288 g/mol. The lowest BCUT2D eigenvalue weighted by Gasteiger charge is -2.37. The van der Waals surface area contributed by atoms with Crippen molar-refractivity contribution in [3.8, 4) is 0 Å². The van der Waals surface area contributed by atoms with Crippen LogP contribution in [0.25, 0.3) is 0 Å². The van der Waals surface area contributed by atoms with Crippen LogP contribution in [0.2, 0.25) is 0 Å². The molecule has 1 saturated heterocycles. The Balaban J connectivity index is 2.32. The molecule has 2 heterocycles. The summed E-state index contributed by atoms with van der Waals surface area (Å²) < 4.78 is 33.2. The van der Waals surface area contributed by atoms with E-state index in [1.807, 2.05) is 20.8 Å². The van der Waals surface area contributed by atoms with E-state index in [1.165, 1.54) is 0 Å². The van der Waals surface area contributed by atoms with Gasteiger partial charge in [0, 0.05) is 18.2 Å². The summed E-state index contributed by atoms with van der Waals surface area (Å²) in [5.41, 5.74) is 0. The van der Waals surface area contributed by atoms with Crippen molar-refractivity contribution in [3.63, 3.8) is 0 Å². The summed E-state index contributed by atoms with van der Waals surface area (Å²) in [5.74, 6) is 1.15. The molecule has 120 valence electrons. The Morgan fingerprint density at radius 2 is 1.95 bits per heavy atom. The van der Waals surface area contributed by atoms with Gasteiger partial charge in [-0.25, -0.2) is 8.42 Å². The molecule has 0 amide bonds. The third kappa shape index (κ3) is 3.33. The Bertz CT molecular complexity index is 570. The fourth-order valence-corrected chi connectivity index (χ4v) is 5.17. The third-order valence-corrected chi connectivity index (χ3v) is 6.38. The van der Waals surface area contributed by atoms with Crippen LogP contribution in [0.4, 0.5) is 0 Å². The zero-order valence-corrected chi connectivity index (χ0v) is 14.2. The average Bonchev–Trinajstić information content (AvgIpc) is 2.78. The van der Waals surface area contributed by atoms with Gasteiger partial charge in [-0.05, 0) is 40.2 Å². The molecule has 1 aliphatic rings. The molecule has 0 aromatic carbocycles. The summed E-state index contributed by atoms with van der Waals surface area (Å²) in [4.78, 5) is 0.316. The number of aryl methyl sites for hydroxylation is 1. The lowest BCUT2D eigenvalue weighted by molar-refractivity contribution is 0.204. The molecule has 1 aromatic heterocycles. The molecular formula is C15H26N2O3S. The molecule has 1 aromatic rings. The minimum atomic E-state index is -3.48. The summed E-state index contributed by atoms with van der Waals surface area (Å²) >= 11 is 0. The van der Waals surface area contributed by atoms with Gasteiger partial charge in [0.15, 0.2) is 0 Å². The van der Waals surface area contributed by atoms with E-state index < -0.39 is 10.0 Å². The van der Waals surface area contributed by atoms with Gasteiger partial charge >= 0.3 is 0 Å². The standard InChI is InChI=1S/C15H26N2O3S/c1-5-16-10-14-9-15(13(4)20-14)21(18,19)17-11(2)7-6-8-12(17)3/h9,11-12,16H,5-8,10H2,1-4H3. The van der Waals surface area contributed by atoms with Crippen molar-refractivity contribution in [1.82, 2.24) is 9.62 Å². The van der Waals surface area contributed by atoms with Gasteiger partial charge in [-0.1, -0.05) is 13.3 Å². The smallest absolute Gasteiger partial charge is 0.247 e. The highest BCUT2D eigenvalue weighted by molar-refractivity contribution is 7.89.